The summed E-state index contributed by atoms with van der Waals surface area (Å²) < 4.78 is 0. The maximum atomic E-state index is 9.11. The quantitative estimate of drug-likeness (QED) is 0.803. The first-order valence-corrected chi connectivity index (χ1v) is 6.06. The van der Waals surface area contributed by atoms with Crippen LogP contribution in [-0.2, 0) is 6.54 Å². The molecule has 94 valence electrons. The van der Waals surface area contributed by atoms with Gasteiger partial charge in [-0.1, -0.05) is 0 Å². The third-order valence-corrected chi connectivity index (χ3v) is 3.15. The molecule has 1 unspecified atom stereocenters. The van der Waals surface area contributed by atoms with Crippen LogP contribution in [0.2, 0.25) is 0 Å². The molecule has 0 spiro atoms. The first kappa shape index (κ1) is 12.3. The maximum absolute atomic E-state index is 9.11. The SMILES string of the molecule is CNc1cc(C)nc(CN2CCC(CO)C2)n1. The highest BCUT2D eigenvalue weighted by Crippen LogP contribution is 2.17. The topological polar surface area (TPSA) is 61.3 Å². The molecular formula is C12H20N4O. The van der Waals surface area contributed by atoms with Crippen molar-refractivity contribution in [1.29, 1.82) is 0 Å². The van der Waals surface area contributed by atoms with Crippen LogP contribution in [0.1, 0.15) is 17.9 Å². The molecule has 2 N–H and O–H groups in total. The van der Waals surface area contributed by atoms with Crippen LogP contribution in [0.15, 0.2) is 6.07 Å². The van der Waals surface area contributed by atoms with E-state index in [9.17, 15) is 0 Å². The van der Waals surface area contributed by atoms with Gasteiger partial charge in [0.2, 0.25) is 0 Å². The fraction of sp³-hybridized carbons (Fsp3) is 0.667. The number of aryl methyl sites for hydroxylation is 1. The molecule has 2 heterocycles. The Morgan fingerprint density at radius 2 is 2.35 bits per heavy atom. The fourth-order valence-corrected chi connectivity index (χ4v) is 2.23. The minimum Gasteiger partial charge on any atom is -0.396 e. The molecule has 1 aliphatic heterocycles. The molecule has 5 nitrogen and oxygen atoms in total. The molecule has 1 atom stereocenters. The summed E-state index contributed by atoms with van der Waals surface area (Å²) >= 11 is 0. The molecule has 0 saturated carbocycles. The lowest BCUT2D eigenvalue weighted by molar-refractivity contribution is 0.219. The van der Waals surface area contributed by atoms with Crippen molar-refractivity contribution in [3.63, 3.8) is 0 Å². The van der Waals surface area contributed by atoms with Crippen LogP contribution in [0.3, 0.4) is 0 Å². The Morgan fingerprint density at radius 3 is 3.00 bits per heavy atom. The zero-order chi connectivity index (χ0) is 12.3. The minimum atomic E-state index is 0.285. The first-order chi connectivity index (χ1) is 8.21. The summed E-state index contributed by atoms with van der Waals surface area (Å²) in [5, 5.41) is 12.2. The molecule has 0 radical (unpaired) electrons. The van der Waals surface area contributed by atoms with Gasteiger partial charge in [0.05, 0.1) is 6.54 Å². The van der Waals surface area contributed by atoms with E-state index in [1.807, 2.05) is 20.0 Å². The van der Waals surface area contributed by atoms with Crippen LogP contribution < -0.4 is 5.32 Å². The van der Waals surface area contributed by atoms with E-state index < -0.39 is 0 Å². The Bertz CT molecular complexity index is 383. The lowest BCUT2D eigenvalue weighted by Crippen LogP contribution is -2.22. The second-order valence-electron chi connectivity index (χ2n) is 4.63. The number of nitrogens with one attached hydrogen (secondary N) is 1. The van der Waals surface area contributed by atoms with Gasteiger partial charge in [-0.2, -0.15) is 0 Å². The highest BCUT2D eigenvalue weighted by Gasteiger charge is 2.22. The van der Waals surface area contributed by atoms with Crippen molar-refractivity contribution >= 4 is 5.82 Å². The van der Waals surface area contributed by atoms with Crippen LogP contribution in [0.4, 0.5) is 5.82 Å². The van der Waals surface area contributed by atoms with Crippen molar-refractivity contribution in [3.05, 3.63) is 17.6 Å². The standard InChI is InChI=1S/C12H20N4O/c1-9-5-11(13-2)15-12(14-9)7-16-4-3-10(6-16)8-17/h5,10,17H,3-4,6-8H2,1-2H3,(H,13,14,15). The molecule has 0 aromatic carbocycles. The molecule has 2 rings (SSSR count). The van der Waals surface area contributed by atoms with Crippen LogP contribution in [0.25, 0.3) is 0 Å². The second-order valence-corrected chi connectivity index (χ2v) is 4.63. The van der Waals surface area contributed by atoms with Crippen LogP contribution in [0.5, 0.6) is 0 Å². The molecule has 1 fully saturated rings. The number of rotatable bonds is 4. The zero-order valence-electron chi connectivity index (χ0n) is 10.5. The van der Waals surface area contributed by atoms with E-state index in [1.165, 1.54) is 0 Å². The van der Waals surface area contributed by atoms with Gasteiger partial charge in [-0.15, -0.1) is 0 Å². The van der Waals surface area contributed by atoms with Gasteiger partial charge >= 0.3 is 0 Å². The summed E-state index contributed by atoms with van der Waals surface area (Å²) in [5.74, 6) is 2.14. The molecule has 5 heteroatoms. The van der Waals surface area contributed by atoms with E-state index in [1.54, 1.807) is 0 Å². The summed E-state index contributed by atoms with van der Waals surface area (Å²) in [5.41, 5.74) is 0.984. The third kappa shape index (κ3) is 3.14. The Morgan fingerprint density at radius 1 is 1.53 bits per heavy atom. The highest BCUT2D eigenvalue weighted by molar-refractivity contribution is 5.34. The highest BCUT2D eigenvalue weighted by atomic mass is 16.3. The summed E-state index contributed by atoms with van der Waals surface area (Å²) in [6, 6.07) is 1.93. The predicted molar refractivity (Wildman–Crippen MR) is 66.8 cm³/mol. The zero-order valence-corrected chi connectivity index (χ0v) is 10.5. The summed E-state index contributed by atoms with van der Waals surface area (Å²) in [6.45, 7) is 5.01. The lowest BCUT2D eigenvalue weighted by atomic mass is 10.1. The van der Waals surface area contributed by atoms with Gasteiger partial charge < -0.3 is 10.4 Å². The number of hydrogen-bond acceptors (Lipinski definition) is 5. The van der Waals surface area contributed by atoms with Gasteiger partial charge in [0.1, 0.15) is 11.6 Å². The molecule has 1 aromatic rings. The number of hydrogen-bond donors (Lipinski definition) is 2. The maximum Gasteiger partial charge on any atom is 0.144 e. The number of aliphatic hydroxyl groups excluding tert-OH is 1. The average Bonchev–Trinajstić information content (AvgIpc) is 2.76. The smallest absolute Gasteiger partial charge is 0.144 e. The van der Waals surface area contributed by atoms with Gasteiger partial charge in [0.25, 0.3) is 0 Å². The van der Waals surface area contributed by atoms with E-state index in [2.05, 4.69) is 20.2 Å². The largest absolute Gasteiger partial charge is 0.396 e. The van der Waals surface area contributed by atoms with Crippen molar-refractivity contribution in [2.45, 2.75) is 19.9 Å². The van der Waals surface area contributed by atoms with Gasteiger partial charge in [0.15, 0.2) is 0 Å². The third-order valence-electron chi connectivity index (χ3n) is 3.15. The van der Waals surface area contributed by atoms with Gasteiger partial charge in [-0.05, 0) is 25.8 Å². The molecule has 0 amide bonds. The summed E-state index contributed by atoms with van der Waals surface area (Å²) in [6.07, 6.45) is 1.07. The molecule has 17 heavy (non-hydrogen) atoms. The monoisotopic (exact) mass is 236 g/mol. The number of anilines is 1. The van der Waals surface area contributed by atoms with E-state index in [0.717, 1.165) is 43.4 Å². The molecule has 1 aromatic heterocycles. The van der Waals surface area contributed by atoms with Gasteiger partial charge in [0, 0.05) is 32.0 Å². The number of nitrogens with zero attached hydrogens (tertiary/aromatic N) is 3. The summed E-state index contributed by atoms with van der Waals surface area (Å²) in [4.78, 5) is 11.2. The lowest BCUT2D eigenvalue weighted by Gasteiger charge is -2.15. The molecule has 0 aliphatic carbocycles. The predicted octanol–water partition coefficient (Wildman–Crippen LogP) is 0.641. The van der Waals surface area contributed by atoms with E-state index in [-0.39, 0.29) is 6.61 Å². The van der Waals surface area contributed by atoms with E-state index >= 15 is 0 Å². The number of likely N-dealkylation sites (tertiary alicyclic amines) is 1. The number of aliphatic hydroxyl groups is 1. The molecule has 1 saturated heterocycles. The minimum absolute atomic E-state index is 0.285. The van der Waals surface area contributed by atoms with Crippen LogP contribution in [-0.4, -0.2) is 46.7 Å². The average molecular weight is 236 g/mol. The van der Waals surface area contributed by atoms with Crippen LogP contribution >= 0.6 is 0 Å². The second kappa shape index (κ2) is 5.42. The molecule has 0 bridgehead atoms. The van der Waals surface area contributed by atoms with Crippen molar-refractivity contribution < 1.29 is 5.11 Å². The number of aromatic nitrogens is 2. The Hall–Kier alpha value is -1.20. The van der Waals surface area contributed by atoms with Crippen molar-refractivity contribution in [3.8, 4) is 0 Å². The van der Waals surface area contributed by atoms with Crippen molar-refractivity contribution in [2.24, 2.45) is 5.92 Å². The molecular weight excluding hydrogens is 216 g/mol. The Kier molecular flexibility index (Phi) is 3.91. The van der Waals surface area contributed by atoms with Gasteiger partial charge in [-0.25, -0.2) is 9.97 Å². The van der Waals surface area contributed by atoms with E-state index in [0.29, 0.717) is 5.92 Å². The normalized spacial score (nSPS) is 20.8. The summed E-state index contributed by atoms with van der Waals surface area (Å²) in [7, 11) is 1.86. The Labute approximate surface area is 102 Å². The van der Waals surface area contributed by atoms with Crippen molar-refractivity contribution in [2.75, 3.05) is 32.1 Å². The Balaban J connectivity index is 2.01. The molecule has 1 aliphatic rings. The van der Waals surface area contributed by atoms with Crippen LogP contribution in [0, 0.1) is 12.8 Å². The van der Waals surface area contributed by atoms with E-state index in [4.69, 9.17) is 5.11 Å². The van der Waals surface area contributed by atoms with Crippen molar-refractivity contribution in [1.82, 2.24) is 14.9 Å². The first-order valence-electron chi connectivity index (χ1n) is 6.06. The fourth-order valence-electron chi connectivity index (χ4n) is 2.23. The van der Waals surface area contributed by atoms with Gasteiger partial charge in [-0.3, -0.25) is 4.90 Å².